The van der Waals surface area contributed by atoms with Crippen molar-refractivity contribution in [2.24, 2.45) is 0 Å². The third-order valence-corrected chi connectivity index (χ3v) is 3.14. The fraction of sp³-hybridized carbons (Fsp3) is 0.286. The van der Waals surface area contributed by atoms with Crippen LogP contribution in [0.25, 0.3) is 11.3 Å². The molecule has 1 saturated carbocycles. The van der Waals surface area contributed by atoms with Crippen molar-refractivity contribution in [2.45, 2.75) is 25.7 Å². The molecule has 1 aromatic carbocycles. The zero-order valence-corrected chi connectivity index (χ0v) is 9.65. The number of aromatic nitrogens is 2. The lowest BCUT2D eigenvalue weighted by molar-refractivity contribution is 0.626. The molecule has 0 saturated heterocycles. The molecule has 0 radical (unpaired) electrons. The van der Waals surface area contributed by atoms with Crippen molar-refractivity contribution >= 4 is 0 Å². The topological polar surface area (TPSA) is 25.8 Å². The Labute approximate surface area is 99.5 Å². The van der Waals surface area contributed by atoms with Gasteiger partial charge in [0.2, 0.25) is 0 Å². The quantitative estimate of drug-likeness (QED) is 0.786. The van der Waals surface area contributed by atoms with Crippen LogP contribution in [0.3, 0.4) is 0 Å². The van der Waals surface area contributed by atoms with Crippen LogP contribution < -0.4 is 0 Å². The highest BCUT2D eigenvalue weighted by molar-refractivity contribution is 5.63. The Hall–Kier alpha value is -1.77. The number of nitrogens with zero attached hydrogens (tertiary/aromatic N) is 2. The highest BCUT2D eigenvalue weighted by Gasteiger charge is 2.24. The van der Waals surface area contributed by atoms with Crippen molar-refractivity contribution in [3.63, 3.8) is 0 Å². The summed E-state index contributed by atoms with van der Waals surface area (Å²) < 4.78 is 13.6. The third kappa shape index (κ3) is 2.05. The Morgan fingerprint density at radius 2 is 2.06 bits per heavy atom. The molecule has 0 bridgehead atoms. The normalized spacial score (nSPS) is 14.9. The molecule has 86 valence electrons. The largest absolute Gasteiger partial charge is 0.245 e. The van der Waals surface area contributed by atoms with Gasteiger partial charge in [-0.05, 0) is 55.0 Å². The number of halogens is 1. The summed E-state index contributed by atoms with van der Waals surface area (Å²) in [7, 11) is 0. The van der Waals surface area contributed by atoms with E-state index in [0.29, 0.717) is 5.92 Å². The maximum atomic E-state index is 13.6. The molecule has 0 spiro atoms. The molecule has 17 heavy (non-hydrogen) atoms. The smallest absolute Gasteiger partial charge is 0.124 e. The van der Waals surface area contributed by atoms with Gasteiger partial charge in [0.1, 0.15) is 12.1 Å². The summed E-state index contributed by atoms with van der Waals surface area (Å²) >= 11 is 0. The van der Waals surface area contributed by atoms with Crippen LogP contribution in [0.1, 0.15) is 29.9 Å². The van der Waals surface area contributed by atoms with Gasteiger partial charge in [-0.3, -0.25) is 0 Å². The van der Waals surface area contributed by atoms with Crippen LogP contribution in [-0.4, -0.2) is 9.97 Å². The molecule has 0 amide bonds. The fourth-order valence-corrected chi connectivity index (χ4v) is 2.10. The standard InChI is InChI=1S/C14H13FN2/c1-9-7-16-8-17-14(9)12-4-11(10-2-3-10)5-13(15)6-12/h4-8,10H,2-3H2,1H3. The van der Waals surface area contributed by atoms with Gasteiger partial charge in [-0.1, -0.05) is 0 Å². The monoisotopic (exact) mass is 228 g/mol. The van der Waals surface area contributed by atoms with Gasteiger partial charge in [-0.2, -0.15) is 0 Å². The molecule has 1 aromatic heterocycles. The molecular weight excluding hydrogens is 215 g/mol. The Bertz CT molecular complexity index is 562. The zero-order chi connectivity index (χ0) is 11.8. The van der Waals surface area contributed by atoms with E-state index in [-0.39, 0.29) is 5.82 Å². The van der Waals surface area contributed by atoms with Crippen molar-refractivity contribution in [3.05, 3.63) is 47.7 Å². The highest BCUT2D eigenvalue weighted by Crippen LogP contribution is 2.41. The van der Waals surface area contributed by atoms with Crippen molar-refractivity contribution < 1.29 is 4.39 Å². The first kappa shape index (κ1) is 10.4. The number of benzene rings is 1. The van der Waals surface area contributed by atoms with Crippen LogP contribution in [0.15, 0.2) is 30.7 Å². The second-order valence-corrected chi connectivity index (χ2v) is 4.60. The lowest BCUT2D eigenvalue weighted by Gasteiger charge is -2.07. The summed E-state index contributed by atoms with van der Waals surface area (Å²) in [5.74, 6) is 0.369. The van der Waals surface area contributed by atoms with Crippen molar-refractivity contribution in [1.82, 2.24) is 9.97 Å². The van der Waals surface area contributed by atoms with Crippen molar-refractivity contribution in [3.8, 4) is 11.3 Å². The Morgan fingerprint density at radius 1 is 1.24 bits per heavy atom. The zero-order valence-electron chi connectivity index (χ0n) is 9.65. The van der Waals surface area contributed by atoms with Gasteiger partial charge in [0, 0.05) is 11.8 Å². The van der Waals surface area contributed by atoms with Crippen molar-refractivity contribution in [2.75, 3.05) is 0 Å². The minimum atomic E-state index is -0.178. The summed E-state index contributed by atoms with van der Waals surface area (Å²) in [5.41, 5.74) is 3.74. The van der Waals surface area contributed by atoms with Gasteiger partial charge >= 0.3 is 0 Å². The first-order valence-corrected chi connectivity index (χ1v) is 5.81. The van der Waals surface area contributed by atoms with Gasteiger partial charge in [-0.15, -0.1) is 0 Å². The molecular formula is C14H13FN2. The fourth-order valence-electron chi connectivity index (χ4n) is 2.10. The van der Waals surface area contributed by atoms with Crippen LogP contribution in [-0.2, 0) is 0 Å². The summed E-state index contributed by atoms with van der Waals surface area (Å²) in [6.45, 7) is 1.94. The maximum Gasteiger partial charge on any atom is 0.124 e. The summed E-state index contributed by atoms with van der Waals surface area (Å²) in [6.07, 6.45) is 5.60. The van der Waals surface area contributed by atoms with Crippen LogP contribution in [0, 0.1) is 12.7 Å². The van der Waals surface area contributed by atoms with E-state index >= 15 is 0 Å². The molecule has 0 unspecified atom stereocenters. The van der Waals surface area contributed by atoms with Gasteiger partial charge in [0.15, 0.2) is 0 Å². The van der Waals surface area contributed by atoms with E-state index in [9.17, 15) is 4.39 Å². The Kier molecular flexibility index (Phi) is 2.39. The molecule has 0 atom stereocenters. The third-order valence-electron chi connectivity index (χ3n) is 3.14. The van der Waals surface area contributed by atoms with E-state index in [2.05, 4.69) is 16.0 Å². The van der Waals surface area contributed by atoms with Crippen molar-refractivity contribution in [1.29, 1.82) is 0 Å². The van der Waals surface area contributed by atoms with E-state index < -0.39 is 0 Å². The van der Waals surface area contributed by atoms with Crippen LogP contribution in [0.5, 0.6) is 0 Å². The van der Waals surface area contributed by atoms with Gasteiger partial charge in [0.05, 0.1) is 5.69 Å². The predicted molar refractivity (Wildman–Crippen MR) is 64.1 cm³/mol. The van der Waals surface area contributed by atoms with Gasteiger partial charge in [-0.25, -0.2) is 14.4 Å². The van der Waals surface area contributed by atoms with Crippen LogP contribution in [0.4, 0.5) is 4.39 Å². The van der Waals surface area contributed by atoms with E-state index in [1.54, 1.807) is 18.3 Å². The number of hydrogen-bond acceptors (Lipinski definition) is 2. The number of rotatable bonds is 2. The molecule has 1 aliphatic rings. The molecule has 1 heterocycles. The SMILES string of the molecule is Cc1cncnc1-c1cc(F)cc(C2CC2)c1. The minimum Gasteiger partial charge on any atom is -0.245 e. The lowest BCUT2D eigenvalue weighted by Crippen LogP contribution is -1.92. The minimum absolute atomic E-state index is 0.178. The first-order chi connectivity index (χ1) is 8.24. The molecule has 1 aliphatic carbocycles. The van der Waals surface area contributed by atoms with Crippen LogP contribution in [0.2, 0.25) is 0 Å². The first-order valence-electron chi connectivity index (χ1n) is 5.81. The molecule has 2 nitrogen and oxygen atoms in total. The summed E-state index contributed by atoms with van der Waals surface area (Å²) in [5, 5.41) is 0. The molecule has 1 fully saturated rings. The predicted octanol–water partition coefficient (Wildman–Crippen LogP) is 3.47. The van der Waals surface area contributed by atoms with Gasteiger partial charge < -0.3 is 0 Å². The Morgan fingerprint density at radius 3 is 2.76 bits per heavy atom. The van der Waals surface area contributed by atoms with E-state index in [0.717, 1.165) is 22.4 Å². The second-order valence-electron chi connectivity index (χ2n) is 4.60. The number of hydrogen-bond donors (Lipinski definition) is 0. The molecule has 0 aliphatic heterocycles. The van der Waals surface area contributed by atoms with Crippen LogP contribution >= 0.6 is 0 Å². The Balaban J connectivity index is 2.11. The summed E-state index contributed by atoms with van der Waals surface area (Å²) in [6, 6.07) is 5.23. The van der Waals surface area contributed by atoms with E-state index in [1.807, 2.05) is 6.92 Å². The van der Waals surface area contributed by atoms with Gasteiger partial charge in [0.25, 0.3) is 0 Å². The lowest BCUT2D eigenvalue weighted by atomic mass is 10.0. The average Bonchev–Trinajstić information content (AvgIpc) is 3.12. The summed E-state index contributed by atoms with van der Waals surface area (Å²) in [4.78, 5) is 8.19. The number of aryl methyl sites for hydroxylation is 1. The molecule has 0 N–H and O–H groups in total. The van der Waals surface area contributed by atoms with E-state index in [1.165, 1.54) is 19.2 Å². The molecule has 2 aromatic rings. The maximum absolute atomic E-state index is 13.6. The average molecular weight is 228 g/mol. The molecule has 3 rings (SSSR count). The second kappa shape index (κ2) is 3.91. The van der Waals surface area contributed by atoms with E-state index in [4.69, 9.17) is 0 Å². The molecule has 3 heteroatoms. The highest BCUT2D eigenvalue weighted by atomic mass is 19.1.